The second kappa shape index (κ2) is 3.46. The second-order valence-corrected chi connectivity index (χ2v) is 3.57. The molecule has 0 unspecified atom stereocenters. The van der Waals surface area contributed by atoms with Gasteiger partial charge < -0.3 is 5.11 Å². The summed E-state index contributed by atoms with van der Waals surface area (Å²) in [6.07, 6.45) is 0.703. The van der Waals surface area contributed by atoms with Crippen LogP contribution >= 0.6 is 11.6 Å². The Hall–Kier alpha value is -0.530. The van der Waals surface area contributed by atoms with Crippen molar-refractivity contribution in [1.29, 1.82) is 0 Å². The normalized spacial score (nSPS) is 15.7. The Kier molecular flexibility index (Phi) is 2.76. The molecular formula is C10H13ClO. The quantitative estimate of drug-likeness (QED) is 0.750. The molecule has 0 saturated heterocycles. The Morgan fingerprint density at radius 2 is 1.83 bits per heavy atom. The summed E-state index contributed by atoms with van der Waals surface area (Å²) in [6, 6.07) is 7.29. The van der Waals surface area contributed by atoms with E-state index in [1.54, 1.807) is 19.1 Å². The maximum absolute atomic E-state index is 9.84. The Morgan fingerprint density at radius 3 is 2.25 bits per heavy atom. The van der Waals surface area contributed by atoms with E-state index in [0.717, 1.165) is 5.56 Å². The number of hydrogen-bond donors (Lipinski definition) is 1. The fourth-order valence-electron chi connectivity index (χ4n) is 1.01. The Morgan fingerprint density at radius 1 is 1.33 bits per heavy atom. The molecule has 1 nitrogen and oxygen atoms in total. The van der Waals surface area contributed by atoms with Crippen molar-refractivity contribution in [3.8, 4) is 0 Å². The zero-order valence-electron chi connectivity index (χ0n) is 7.34. The molecular weight excluding hydrogens is 172 g/mol. The van der Waals surface area contributed by atoms with Gasteiger partial charge in [-0.1, -0.05) is 30.7 Å². The van der Waals surface area contributed by atoms with E-state index >= 15 is 0 Å². The fourth-order valence-corrected chi connectivity index (χ4v) is 1.14. The standard InChI is InChI=1S/C10H13ClO/c1-3-10(2,12)8-4-6-9(11)7-5-8/h4-7,12H,3H2,1-2H3/t10-/m1/s1. The van der Waals surface area contributed by atoms with E-state index in [4.69, 9.17) is 11.6 Å². The molecule has 1 atom stereocenters. The van der Waals surface area contributed by atoms with Crippen LogP contribution in [-0.2, 0) is 5.60 Å². The minimum Gasteiger partial charge on any atom is -0.385 e. The number of benzene rings is 1. The molecule has 0 aliphatic heterocycles. The van der Waals surface area contributed by atoms with Gasteiger partial charge in [-0.3, -0.25) is 0 Å². The van der Waals surface area contributed by atoms with Crippen LogP contribution in [0.5, 0.6) is 0 Å². The summed E-state index contributed by atoms with van der Waals surface area (Å²) in [5.74, 6) is 0. The lowest BCUT2D eigenvalue weighted by molar-refractivity contribution is 0.0531. The summed E-state index contributed by atoms with van der Waals surface area (Å²) in [4.78, 5) is 0. The average molecular weight is 185 g/mol. The van der Waals surface area contributed by atoms with Crippen LogP contribution < -0.4 is 0 Å². The van der Waals surface area contributed by atoms with Gasteiger partial charge in [-0.25, -0.2) is 0 Å². The van der Waals surface area contributed by atoms with Crippen LogP contribution in [0.15, 0.2) is 24.3 Å². The molecule has 0 aliphatic carbocycles. The van der Waals surface area contributed by atoms with E-state index in [1.165, 1.54) is 0 Å². The van der Waals surface area contributed by atoms with Crippen LogP contribution in [0.4, 0.5) is 0 Å². The smallest absolute Gasteiger partial charge is 0.0865 e. The summed E-state index contributed by atoms with van der Waals surface area (Å²) in [6.45, 7) is 3.75. The largest absolute Gasteiger partial charge is 0.385 e. The molecule has 0 saturated carbocycles. The topological polar surface area (TPSA) is 20.2 Å². The van der Waals surface area contributed by atoms with E-state index in [1.807, 2.05) is 19.1 Å². The van der Waals surface area contributed by atoms with Crippen molar-refractivity contribution in [1.82, 2.24) is 0 Å². The van der Waals surface area contributed by atoms with E-state index in [-0.39, 0.29) is 0 Å². The van der Waals surface area contributed by atoms with Crippen molar-refractivity contribution in [3.05, 3.63) is 34.9 Å². The van der Waals surface area contributed by atoms with Gasteiger partial charge in [0.05, 0.1) is 5.60 Å². The molecule has 0 radical (unpaired) electrons. The Labute approximate surface area is 78.0 Å². The van der Waals surface area contributed by atoms with Gasteiger partial charge in [0.2, 0.25) is 0 Å². The minimum absolute atomic E-state index is 0.700. The third-order valence-corrected chi connectivity index (χ3v) is 2.41. The highest BCUT2D eigenvalue weighted by atomic mass is 35.5. The third-order valence-electron chi connectivity index (χ3n) is 2.15. The summed E-state index contributed by atoms with van der Waals surface area (Å²) < 4.78 is 0. The number of rotatable bonds is 2. The van der Waals surface area contributed by atoms with Crippen molar-refractivity contribution in [2.75, 3.05) is 0 Å². The fraction of sp³-hybridized carbons (Fsp3) is 0.400. The molecule has 0 aliphatic rings. The van der Waals surface area contributed by atoms with Gasteiger partial charge >= 0.3 is 0 Å². The molecule has 0 spiro atoms. The number of halogens is 1. The lowest BCUT2D eigenvalue weighted by Gasteiger charge is -2.21. The van der Waals surface area contributed by atoms with Gasteiger partial charge in [0, 0.05) is 5.02 Å². The molecule has 1 rings (SSSR count). The van der Waals surface area contributed by atoms with Crippen molar-refractivity contribution in [2.45, 2.75) is 25.9 Å². The third kappa shape index (κ3) is 1.99. The van der Waals surface area contributed by atoms with Crippen molar-refractivity contribution in [3.63, 3.8) is 0 Å². The first-order chi connectivity index (χ1) is 5.56. The second-order valence-electron chi connectivity index (χ2n) is 3.13. The highest BCUT2D eigenvalue weighted by molar-refractivity contribution is 6.30. The summed E-state index contributed by atoms with van der Waals surface area (Å²) in [7, 11) is 0. The highest BCUT2D eigenvalue weighted by Crippen LogP contribution is 2.24. The first-order valence-corrected chi connectivity index (χ1v) is 4.42. The molecule has 0 fully saturated rings. The van der Waals surface area contributed by atoms with Gasteiger partial charge in [0.1, 0.15) is 0 Å². The summed E-state index contributed by atoms with van der Waals surface area (Å²) >= 11 is 5.72. The summed E-state index contributed by atoms with van der Waals surface area (Å²) in [5, 5.41) is 10.5. The minimum atomic E-state index is -0.732. The van der Waals surface area contributed by atoms with Crippen LogP contribution in [-0.4, -0.2) is 5.11 Å². The Bertz CT molecular complexity index is 251. The molecule has 1 N–H and O–H groups in total. The number of aliphatic hydroxyl groups is 1. The van der Waals surface area contributed by atoms with Crippen molar-refractivity contribution in [2.24, 2.45) is 0 Å². The van der Waals surface area contributed by atoms with Gasteiger partial charge in [0.25, 0.3) is 0 Å². The van der Waals surface area contributed by atoms with Crippen LogP contribution in [0.25, 0.3) is 0 Å². The lowest BCUT2D eigenvalue weighted by atomic mass is 9.94. The van der Waals surface area contributed by atoms with Gasteiger partial charge in [-0.05, 0) is 31.0 Å². The maximum Gasteiger partial charge on any atom is 0.0865 e. The molecule has 1 aromatic rings. The highest BCUT2D eigenvalue weighted by Gasteiger charge is 2.19. The van der Waals surface area contributed by atoms with Gasteiger partial charge in [0.15, 0.2) is 0 Å². The summed E-state index contributed by atoms with van der Waals surface area (Å²) in [5.41, 5.74) is 0.180. The van der Waals surface area contributed by atoms with Crippen LogP contribution in [0.3, 0.4) is 0 Å². The van der Waals surface area contributed by atoms with E-state index in [0.29, 0.717) is 11.4 Å². The Balaban J connectivity index is 2.96. The molecule has 2 heteroatoms. The van der Waals surface area contributed by atoms with Gasteiger partial charge in [-0.2, -0.15) is 0 Å². The van der Waals surface area contributed by atoms with Gasteiger partial charge in [-0.15, -0.1) is 0 Å². The first kappa shape index (κ1) is 9.56. The lowest BCUT2D eigenvalue weighted by Crippen LogP contribution is -2.19. The monoisotopic (exact) mass is 184 g/mol. The van der Waals surface area contributed by atoms with E-state index in [2.05, 4.69) is 0 Å². The number of hydrogen-bond acceptors (Lipinski definition) is 1. The average Bonchev–Trinajstić information content (AvgIpc) is 2.05. The maximum atomic E-state index is 9.84. The molecule has 1 aromatic carbocycles. The van der Waals surface area contributed by atoms with E-state index in [9.17, 15) is 5.11 Å². The molecule has 0 heterocycles. The van der Waals surface area contributed by atoms with Crippen molar-refractivity contribution >= 4 is 11.6 Å². The molecule has 12 heavy (non-hydrogen) atoms. The first-order valence-electron chi connectivity index (χ1n) is 4.04. The van der Waals surface area contributed by atoms with Crippen LogP contribution in [0.2, 0.25) is 5.02 Å². The molecule has 0 aromatic heterocycles. The predicted octanol–water partition coefficient (Wildman–Crippen LogP) is 2.96. The molecule has 0 amide bonds. The SMILES string of the molecule is CC[C@@](C)(O)c1ccc(Cl)cc1. The van der Waals surface area contributed by atoms with Crippen molar-refractivity contribution < 1.29 is 5.11 Å². The zero-order valence-corrected chi connectivity index (χ0v) is 8.10. The molecule has 66 valence electrons. The zero-order chi connectivity index (χ0) is 9.19. The van der Waals surface area contributed by atoms with E-state index < -0.39 is 5.60 Å². The van der Waals surface area contributed by atoms with Crippen LogP contribution in [0.1, 0.15) is 25.8 Å². The molecule has 0 bridgehead atoms. The van der Waals surface area contributed by atoms with Crippen LogP contribution in [0, 0.1) is 0 Å². The predicted molar refractivity (Wildman–Crippen MR) is 51.3 cm³/mol.